The molecule has 3 nitrogen and oxygen atoms in total. The van der Waals surface area contributed by atoms with E-state index in [0.29, 0.717) is 16.5 Å². The van der Waals surface area contributed by atoms with Gasteiger partial charge in [0.25, 0.3) is 5.91 Å². The van der Waals surface area contributed by atoms with Gasteiger partial charge in [0, 0.05) is 13.1 Å². The maximum atomic E-state index is 12.3. The smallest absolute Gasteiger partial charge is 0.252 e. The van der Waals surface area contributed by atoms with E-state index in [1.807, 2.05) is 19.1 Å². The van der Waals surface area contributed by atoms with Gasteiger partial charge in [-0.05, 0) is 56.8 Å². The molecule has 1 aromatic rings. The molecular formula is C17H25ClN2O. The van der Waals surface area contributed by atoms with Crippen LogP contribution in [0.1, 0.15) is 42.1 Å². The average Bonchev–Trinajstić information content (AvgIpc) is 2.48. The summed E-state index contributed by atoms with van der Waals surface area (Å²) in [5.41, 5.74) is 1.52. The second kappa shape index (κ2) is 7.81. The maximum Gasteiger partial charge on any atom is 0.252 e. The summed E-state index contributed by atoms with van der Waals surface area (Å²) in [5, 5.41) is 3.61. The van der Waals surface area contributed by atoms with Crippen molar-refractivity contribution in [3.05, 3.63) is 34.3 Å². The molecular weight excluding hydrogens is 284 g/mol. The summed E-state index contributed by atoms with van der Waals surface area (Å²) in [7, 11) is 0. The summed E-state index contributed by atoms with van der Waals surface area (Å²) >= 11 is 6.20. The van der Waals surface area contributed by atoms with Crippen molar-refractivity contribution in [3.63, 3.8) is 0 Å². The first-order chi connectivity index (χ1) is 10.1. The van der Waals surface area contributed by atoms with Crippen molar-refractivity contribution in [1.29, 1.82) is 0 Å². The van der Waals surface area contributed by atoms with Crippen LogP contribution in [-0.2, 0) is 0 Å². The minimum atomic E-state index is -0.0590. The third kappa shape index (κ3) is 4.45. The van der Waals surface area contributed by atoms with E-state index in [9.17, 15) is 4.79 Å². The van der Waals surface area contributed by atoms with Gasteiger partial charge in [0.1, 0.15) is 0 Å². The summed E-state index contributed by atoms with van der Waals surface area (Å²) in [6, 6.07) is 5.58. The molecule has 1 atom stereocenters. The van der Waals surface area contributed by atoms with Gasteiger partial charge in [-0.3, -0.25) is 4.79 Å². The first-order valence-corrected chi connectivity index (χ1v) is 8.25. The quantitative estimate of drug-likeness (QED) is 0.903. The number of nitrogens with one attached hydrogen (secondary N) is 1. The topological polar surface area (TPSA) is 32.3 Å². The van der Waals surface area contributed by atoms with Crippen LogP contribution in [0.4, 0.5) is 0 Å². The lowest BCUT2D eigenvalue weighted by Gasteiger charge is -2.32. The lowest BCUT2D eigenvalue weighted by molar-refractivity contribution is 0.0932. The number of nitrogens with zero attached hydrogens (tertiary/aromatic N) is 1. The number of benzene rings is 1. The Morgan fingerprint density at radius 2 is 2.29 bits per heavy atom. The van der Waals surface area contributed by atoms with Crippen molar-refractivity contribution in [2.24, 2.45) is 5.92 Å². The minimum Gasteiger partial charge on any atom is -0.352 e. The molecule has 0 radical (unpaired) electrons. The van der Waals surface area contributed by atoms with Crippen LogP contribution >= 0.6 is 11.6 Å². The summed E-state index contributed by atoms with van der Waals surface area (Å²) < 4.78 is 0. The van der Waals surface area contributed by atoms with Crippen LogP contribution in [-0.4, -0.2) is 37.0 Å². The van der Waals surface area contributed by atoms with Crippen LogP contribution in [0.5, 0.6) is 0 Å². The second-order valence-electron chi connectivity index (χ2n) is 5.96. The highest BCUT2D eigenvalue weighted by molar-refractivity contribution is 6.34. The fourth-order valence-electron chi connectivity index (χ4n) is 2.99. The number of hydrogen-bond donors (Lipinski definition) is 1. The van der Waals surface area contributed by atoms with Crippen molar-refractivity contribution < 1.29 is 4.79 Å². The molecule has 0 saturated carbocycles. The Labute approximate surface area is 132 Å². The number of carbonyl (C=O) groups is 1. The Bertz CT molecular complexity index is 488. The predicted octanol–water partition coefficient (Wildman–Crippen LogP) is 3.50. The van der Waals surface area contributed by atoms with E-state index in [-0.39, 0.29) is 5.91 Å². The van der Waals surface area contributed by atoms with E-state index < -0.39 is 0 Å². The Hall–Kier alpha value is -1.06. The number of carbonyl (C=O) groups excluding carboxylic acids is 1. The lowest BCUT2D eigenvalue weighted by atomic mass is 9.97. The SMILES string of the molecule is CCCN1CCC[C@H](CNC(=O)c2cccc(C)c2Cl)C1. The van der Waals surface area contributed by atoms with E-state index in [0.717, 1.165) is 25.2 Å². The number of rotatable bonds is 5. The molecule has 116 valence electrons. The summed E-state index contributed by atoms with van der Waals surface area (Å²) in [4.78, 5) is 14.8. The molecule has 4 heteroatoms. The zero-order valence-electron chi connectivity index (χ0n) is 13.0. The van der Waals surface area contributed by atoms with Crippen LogP contribution < -0.4 is 5.32 Å². The number of hydrogen-bond acceptors (Lipinski definition) is 2. The number of amides is 1. The molecule has 1 aromatic carbocycles. The van der Waals surface area contributed by atoms with E-state index in [2.05, 4.69) is 17.1 Å². The molecule has 0 aromatic heterocycles. The zero-order chi connectivity index (χ0) is 15.2. The highest BCUT2D eigenvalue weighted by atomic mass is 35.5. The van der Waals surface area contributed by atoms with Gasteiger partial charge in [0.05, 0.1) is 10.6 Å². The van der Waals surface area contributed by atoms with Gasteiger partial charge in [-0.1, -0.05) is 30.7 Å². The number of aryl methyl sites for hydroxylation is 1. The molecule has 21 heavy (non-hydrogen) atoms. The van der Waals surface area contributed by atoms with E-state index in [1.54, 1.807) is 6.07 Å². The Balaban J connectivity index is 1.87. The summed E-state index contributed by atoms with van der Waals surface area (Å²) in [6.07, 6.45) is 3.62. The van der Waals surface area contributed by atoms with Crippen LogP contribution in [0.25, 0.3) is 0 Å². The molecule has 0 bridgehead atoms. The predicted molar refractivity (Wildman–Crippen MR) is 88.0 cm³/mol. The standard InChI is InChI=1S/C17H25ClN2O/c1-3-9-20-10-5-7-14(12-20)11-19-17(21)15-8-4-6-13(2)16(15)18/h4,6,8,14H,3,5,7,9-12H2,1-2H3,(H,19,21)/t14-/m1/s1. The van der Waals surface area contributed by atoms with Crippen LogP contribution in [0.2, 0.25) is 5.02 Å². The van der Waals surface area contributed by atoms with E-state index in [1.165, 1.54) is 25.8 Å². The Kier molecular flexibility index (Phi) is 6.07. The molecule has 1 amide bonds. The molecule has 0 unspecified atom stereocenters. The second-order valence-corrected chi connectivity index (χ2v) is 6.33. The molecule has 1 saturated heterocycles. The van der Waals surface area contributed by atoms with Crippen LogP contribution in [0.3, 0.4) is 0 Å². The third-order valence-electron chi connectivity index (χ3n) is 4.13. The van der Waals surface area contributed by atoms with Gasteiger partial charge in [0.15, 0.2) is 0 Å². The van der Waals surface area contributed by atoms with Crippen molar-refractivity contribution in [2.45, 2.75) is 33.1 Å². The molecule has 0 aliphatic carbocycles. The van der Waals surface area contributed by atoms with Gasteiger partial charge < -0.3 is 10.2 Å². The van der Waals surface area contributed by atoms with Crippen molar-refractivity contribution in [3.8, 4) is 0 Å². The van der Waals surface area contributed by atoms with Crippen LogP contribution in [0.15, 0.2) is 18.2 Å². The largest absolute Gasteiger partial charge is 0.352 e. The fourth-order valence-corrected chi connectivity index (χ4v) is 3.20. The van der Waals surface area contributed by atoms with Gasteiger partial charge >= 0.3 is 0 Å². The zero-order valence-corrected chi connectivity index (χ0v) is 13.7. The van der Waals surface area contributed by atoms with Gasteiger partial charge in [-0.2, -0.15) is 0 Å². The Morgan fingerprint density at radius 1 is 1.48 bits per heavy atom. The van der Waals surface area contributed by atoms with E-state index >= 15 is 0 Å². The van der Waals surface area contributed by atoms with Crippen molar-refractivity contribution in [2.75, 3.05) is 26.2 Å². The molecule has 2 rings (SSSR count). The van der Waals surface area contributed by atoms with Crippen molar-refractivity contribution >= 4 is 17.5 Å². The number of likely N-dealkylation sites (tertiary alicyclic amines) is 1. The minimum absolute atomic E-state index is 0.0590. The fraction of sp³-hybridized carbons (Fsp3) is 0.588. The van der Waals surface area contributed by atoms with Crippen LogP contribution in [0, 0.1) is 12.8 Å². The molecule has 0 spiro atoms. The molecule has 1 heterocycles. The molecule has 1 aliphatic rings. The summed E-state index contributed by atoms with van der Waals surface area (Å²) in [5.74, 6) is 0.495. The van der Waals surface area contributed by atoms with Crippen molar-refractivity contribution in [1.82, 2.24) is 10.2 Å². The van der Waals surface area contributed by atoms with Gasteiger partial charge in [0.2, 0.25) is 0 Å². The average molecular weight is 309 g/mol. The maximum absolute atomic E-state index is 12.3. The normalized spacial score (nSPS) is 19.5. The lowest BCUT2D eigenvalue weighted by Crippen LogP contribution is -2.41. The Morgan fingerprint density at radius 3 is 3.05 bits per heavy atom. The van der Waals surface area contributed by atoms with E-state index in [4.69, 9.17) is 11.6 Å². The molecule has 1 N–H and O–H groups in total. The molecule has 1 fully saturated rings. The van der Waals surface area contributed by atoms with Gasteiger partial charge in [-0.25, -0.2) is 0 Å². The van der Waals surface area contributed by atoms with Gasteiger partial charge in [-0.15, -0.1) is 0 Å². The molecule has 1 aliphatic heterocycles. The highest BCUT2D eigenvalue weighted by Crippen LogP contribution is 2.20. The number of halogens is 1. The first kappa shape index (κ1) is 16.3. The highest BCUT2D eigenvalue weighted by Gasteiger charge is 2.20. The number of piperidine rings is 1. The first-order valence-electron chi connectivity index (χ1n) is 7.87. The summed E-state index contributed by atoms with van der Waals surface area (Å²) in [6.45, 7) is 8.32. The monoisotopic (exact) mass is 308 g/mol. The third-order valence-corrected chi connectivity index (χ3v) is 4.63.